The lowest BCUT2D eigenvalue weighted by molar-refractivity contribution is 0.100. The van der Waals surface area contributed by atoms with Crippen LogP contribution < -0.4 is 5.73 Å². The predicted molar refractivity (Wildman–Crippen MR) is 49.6 cm³/mol. The summed E-state index contributed by atoms with van der Waals surface area (Å²) in [6.45, 7) is -0.0539. The maximum absolute atomic E-state index is 10.9. The van der Waals surface area contributed by atoms with Crippen LogP contribution in [0.5, 0.6) is 0 Å². The molecule has 5 heteroatoms. The lowest BCUT2D eigenvalue weighted by Gasteiger charge is -1.98. The number of hydrogen-bond donors (Lipinski definition) is 2. The van der Waals surface area contributed by atoms with Gasteiger partial charge in [-0.15, -0.1) is 0 Å². The van der Waals surface area contributed by atoms with Gasteiger partial charge in [0.2, 0.25) is 0 Å². The van der Waals surface area contributed by atoms with E-state index in [2.05, 4.69) is 5.10 Å². The molecule has 14 heavy (non-hydrogen) atoms. The zero-order valence-corrected chi connectivity index (χ0v) is 7.34. The molecule has 3 N–H and O–H groups in total. The summed E-state index contributed by atoms with van der Waals surface area (Å²) in [6.07, 6.45) is 3.07. The molecule has 5 nitrogen and oxygen atoms in total. The Balaban J connectivity index is 2.65. The standard InChI is InChI=1S/C9H9N3O2/c10-9(14)7-3-11-12-4-6(5-13)1-2-8(7)12/h1-4,13H,5H2,(H2,10,14). The van der Waals surface area contributed by atoms with Crippen LogP contribution in [0.15, 0.2) is 24.5 Å². The Bertz CT molecular complexity index is 490. The molecule has 0 saturated carbocycles. The molecule has 2 aromatic rings. The average Bonchev–Trinajstić information content (AvgIpc) is 2.59. The van der Waals surface area contributed by atoms with E-state index in [0.29, 0.717) is 11.1 Å². The largest absolute Gasteiger partial charge is 0.392 e. The van der Waals surface area contributed by atoms with Crippen molar-refractivity contribution in [3.8, 4) is 0 Å². The molecule has 2 rings (SSSR count). The number of pyridine rings is 1. The van der Waals surface area contributed by atoms with Crippen molar-refractivity contribution in [2.45, 2.75) is 6.61 Å². The van der Waals surface area contributed by atoms with E-state index in [0.717, 1.165) is 5.56 Å². The summed E-state index contributed by atoms with van der Waals surface area (Å²) in [7, 11) is 0. The number of aliphatic hydroxyl groups is 1. The number of rotatable bonds is 2. The Labute approximate surface area is 79.8 Å². The van der Waals surface area contributed by atoms with E-state index < -0.39 is 5.91 Å². The number of hydrogen-bond acceptors (Lipinski definition) is 3. The van der Waals surface area contributed by atoms with E-state index >= 15 is 0 Å². The molecular formula is C9H9N3O2. The van der Waals surface area contributed by atoms with Gasteiger partial charge in [-0.05, 0) is 11.6 Å². The lowest BCUT2D eigenvalue weighted by Crippen LogP contribution is -2.10. The van der Waals surface area contributed by atoms with Gasteiger partial charge >= 0.3 is 0 Å². The van der Waals surface area contributed by atoms with Crippen molar-refractivity contribution in [2.24, 2.45) is 5.73 Å². The number of carbonyl (C=O) groups excluding carboxylic acids is 1. The van der Waals surface area contributed by atoms with E-state index in [1.54, 1.807) is 18.3 Å². The molecule has 0 atom stereocenters. The van der Waals surface area contributed by atoms with Crippen LogP contribution in [0.3, 0.4) is 0 Å². The van der Waals surface area contributed by atoms with Crippen LogP contribution in [0, 0.1) is 0 Å². The first-order chi connectivity index (χ1) is 6.72. The normalized spacial score (nSPS) is 10.6. The van der Waals surface area contributed by atoms with Crippen molar-refractivity contribution in [3.63, 3.8) is 0 Å². The Morgan fingerprint density at radius 2 is 2.36 bits per heavy atom. The van der Waals surface area contributed by atoms with Gasteiger partial charge < -0.3 is 10.8 Å². The Kier molecular flexibility index (Phi) is 1.94. The summed E-state index contributed by atoms with van der Waals surface area (Å²) < 4.78 is 1.52. The summed E-state index contributed by atoms with van der Waals surface area (Å²) >= 11 is 0. The smallest absolute Gasteiger partial charge is 0.252 e. The molecule has 0 aromatic carbocycles. The monoisotopic (exact) mass is 191 g/mol. The number of nitrogens with two attached hydrogens (primary N) is 1. The summed E-state index contributed by atoms with van der Waals surface area (Å²) in [5.41, 5.74) is 6.92. The minimum Gasteiger partial charge on any atom is -0.392 e. The van der Waals surface area contributed by atoms with Gasteiger partial charge in [0.25, 0.3) is 5.91 Å². The van der Waals surface area contributed by atoms with Crippen LogP contribution in [-0.4, -0.2) is 20.6 Å². The van der Waals surface area contributed by atoms with Gasteiger partial charge in [-0.3, -0.25) is 4.79 Å². The number of carbonyl (C=O) groups is 1. The maximum Gasteiger partial charge on any atom is 0.252 e. The van der Waals surface area contributed by atoms with Crippen LogP contribution in [0.25, 0.3) is 5.52 Å². The van der Waals surface area contributed by atoms with E-state index in [4.69, 9.17) is 10.8 Å². The number of aliphatic hydroxyl groups excluding tert-OH is 1. The fourth-order valence-electron chi connectivity index (χ4n) is 1.31. The van der Waals surface area contributed by atoms with E-state index in [1.807, 2.05) is 0 Å². The van der Waals surface area contributed by atoms with Crippen molar-refractivity contribution >= 4 is 11.4 Å². The minimum atomic E-state index is -0.503. The highest BCUT2D eigenvalue weighted by atomic mass is 16.3. The van der Waals surface area contributed by atoms with Gasteiger partial charge in [-0.1, -0.05) is 6.07 Å². The minimum absolute atomic E-state index is 0.0539. The number of aromatic nitrogens is 2. The third kappa shape index (κ3) is 1.23. The summed E-state index contributed by atoms with van der Waals surface area (Å²) in [6, 6.07) is 3.43. The van der Waals surface area contributed by atoms with Crippen molar-refractivity contribution < 1.29 is 9.90 Å². The molecule has 0 aliphatic heterocycles. The number of amides is 1. The fourth-order valence-corrected chi connectivity index (χ4v) is 1.31. The Hall–Kier alpha value is -1.88. The highest BCUT2D eigenvalue weighted by Gasteiger charge is 2.08. The summed E-state index contributed by atoms with van der Waals surface area (Å²) in [4.78, 5) is 10.9. The second-order valence-electron chi connectivity index (χ2n) is 2.95. The highest BCUT2D eigenvalue weighted by molar-refractivity contribution is 5.99. The van der Waals surface area contributed by atoms with Gasteiger partial charge in [0.05, 0.1) is 23.9 Å². The maximum atomic E-state index is 10.9. The zero-order chi connectivity index (χ0) is 10.1. The molecule has 0 saturated heterocycles. The summed E-state index contributed by atoms with van der Waals surface area (Å²) in [5, 5.41) is 12.8. The predicted octanol–water partition coefficient (Wildman–Crippen LogP) is -0.0745. The van der Waals surface area contributed by atoms with Crippen LogP contribution in [-0.2, 0) is 6.61 Å². The van der Waals surface area contributed by atoms with Gasteiger partial charge in [0.1, 0.15) is 0 Å². The van der Waals surface area contributed by atoms with Crippen molar-refractivity contribution in [1.29, 1.82) is 0 Å². The quantitative estimate of drug-likeness (QED) is 0.697. The molecule has 0 aliphatic carbocycles. The van der Waals surface area contributed by atoms with E-state index in [9.17, 15) is 4.79 Å². The van der Waals surface area contributed by atoms with Gasteiger partial charge in [0, 0.05) is 6.20 Å². The molecule has 0 spiro atoms. The molecule has 0 radical (unpaired) electrons. The van der Waals surface area contributed by atoms with Gasteiger partial charge in [-0.2, -0.15) is 5.10 Å². The first-order valence-electron chi connectivity index (χ1n) is 4.09. The molecule has 72 valence electrons. The number of primary amides is 1. The molecular weight excluding hydrogens is 182 g/mol. The first-order valence-corrected chi connectivity index (χ1v) is 4.09. The van der Waals surface area contributed by atoms with E-state index in [1.165, 1.54) is 10.7 Å². The van der Waals surface area contributed by atoms with Crippen LogP contribution in [0.2, 0.25) is 0 Å². The summed E-state index contributed by atoms with van der Waals surface area (Å²) in [5.74, 6) is -0.503. The molecule has 1 amide bonds. The lowest BCUT2D eigenvalue weighted by atomic mass is 10.2. The van der Waals surface area contributed by atoms with Crippen LogP contribution in [0.1, 0.15) is 15.9 Å². The van der Waals surface area contributed by atoms with Crippen LogP contribution in [0.4, 0.5) is 0 Å². The number of nitrogens with zero attached hydrogens (tertiary/aromatic N) is 2. The van der Waals surface area contributed by atoms with Gasteiger partial charge in [-0.25, -0.2) is 4.52 Å². The highest BCUT2D eigenvalue weighted by Crippen LogP contribution is 2.11. The van der Waals surface area contributed by atoms with E-state index in [-0.39, 0.29) is 6.61 Å². The van der Waals surface area contributed by atoms with Crippen molar-refractivity contribution in [1.82, 2.24) is 9.61 Å². The first kappa shape index (κ1) is 8.71. The third-order valence-electron chi connectivity index (χ3n) is 2.03. The Morgan fingerprint density at radius 3 is 3.00 bits per heavy atom. The molecule has 2 aromatic heterocycles. The topological polar surface area (TPSA) is 80.6 Å². The SMILES string of the molecule is NC(=O)c1cnn2cc(CO)ccc12. The third-order valence-corrected chi connectivity index (χ3v) is 2.03. The molecule has 2 heterocycles. The van der Waals surface area contributed by atoms with Crippen molar-refractivity contribution in [3.05, 3.63) is 35.7 Å². The molecule has 0 bridgehead atoms. The molecule has 0 unspecified atom stereocenters. The average molecular weight is 191 g/mol. The molecule has 0 aliphatic rings. The second kappa shape index (κ2) is 3.12. The molecule has 0 fully saturated rings. The second-order valence-corrected chi connectivity index (χ2v) is 2.95. The van der Waals surface area contributed by atoms with Crippen LogP contribution >= 0.6 is 0 Å². The fraction of sp³-hybridized carbons (Fsp3) is 0.111. The van der Waals surface area contributed by atoms with Crippen molar-refractivity contribution in [2.75, 3.05) is 0 Å². The Morgan fingerprint density at radius 1 is 1.57 bits per heavy atom. The zero-order valence-electron chi connectivity index (χ0n) is 7.34. The number of fused-ring (bicyclic) bond motifs is 1. The van der Waals surface area contributed by atoms with Gasteiger partial charge in [0.15, 0.2) is 0 Å².